The molecule has 1 atom stereocenters. The first-order chi connectivity index (χ1) is 19.8. The van der Waals surface area contributed by atoms with Gasteiger partial charge < -0.3 is 34.9 Å². The van der Waals surface area contributed by atoms with Gasteiger partial charge in [-0.15, -0.1) is 0 Å². The smallest absolute Gasteiger partial charge is 0.261 e. The largest absolute Gasteiger partial charge is 0.387 e. The molecule has 2 aromatic heterocycles. The van der Waals surface area contributed by atoms with Crippen molar-refractivity contribution in [2.24, 2.45) is 5.41 Å². The van der Waals surface area contributed by atoms with Crippen molar-refractivity contribution in [2.45, 2.75) is 25.9 Å². The monoisotopic (exact) mass is 576 g/mol. The van der Waals surface area contributed by atoms with E-state index in [9.17, 15) is 9.90 Å². The molecule has 2 aliphatic heterocycles. The molecule has 9 nitrogen and oxygen atoms in total. The Hall–Kier alpha value is -3.37. The van der Waals surface area contributed by atoms with Crippen LogP contribution in [-0.4, -0.2) is 77.9 Å². The van der Waals surface area contributed by atoms with Crippen molar-refractivity contribution in [1.82, 2.24) is 19.9 Å². The molecule has 0 unspecified atom stereocenters. The van der Waals surface area contributed by atoms with E-state index in [1.165, 1.54) is 18.5 Å². The normalized spacial score (nSPS) is 17.6. The third-order valence-corrected chi connectivity index (χ3v) is 8.68. The lowest BCUT2D eigenvalue weighted by atomic mass is 9.73. The van der Waals surface area contributed by atoms with Crippen molar-refractivity contribution in [1.29, 1.82) is 0 Å². The molecule has 6 rings (SSSR count). The number of likely N-dealkylation sites (tertiary alicyclic amines) is 1. The Kier molecular flexibility index (Phi) is 7.78. The average Bonchev–Trinajstić information content (AvgIpc) is 3.38. The molecule has 216 valence electrons. The number of hydrogen-bond acceptors (Lipinski definition) is 7. The van der Waals surface area contributed by atoms with Crippen LogP contribution in [0.15, 0.2) is 53.5 Å². The highest BCUT2D eigenvalue weighted by Crippen LogP contribution is 2.42. The Morgan fingerprint density at radius 3 is 2.88 bits per heavy atom. The highest BCUT2D eigenvalue weighted by Gasteiger charge is 2.45. The van der Waals surface area contributed by atoms with Crippen LogP contribution in [0.5, 0.6) is 0 Å². The minimum absolute atomic E-state index is 0.208. The van der Waals surface area contributed by atoms with Crippen LogP contribution in [0.1, 0.15) is 30.1 Å². The van der Waals surface area contributed by atoms with Gasteiger partial charge in [0.15, 0.2) is 0 Å². The second-order valence-electron chi connectivity index (χ2n) is 11.5. The Morgan fingerprint density at radius 1 is 1.22 bits per heavy atom. The van der Waals surface area contributed by atoms with E-state index >= 15 is 0 Å². The fourth-order valence-corrected chi connectivity index (χ4v) is 6.60. The summed E-state index contributed by atoms with van der Waals surface area (Å²) in [4.78, 5) is 29.0. The Morgan fingerprint density at radius 2 is 2.07 bits per heavy atom. The van der Waals surface area contributed by atoms with E-state index in [1.54, 1.807) is 37.6 Å². The number of rotatable bonds is 9. The van der Waals surface area contributed by atoms with Gasteiger partial charge in [-0.25, -0.2) is 4.98 Å². The van der Waals surface area contributed by atoms with E-state index in [1.807, 2.05) is 6.07 Å². The van der Waals surface area contributed by atoms with Gasteiger partial charge in [0.1, 0.15) is 11.4 Å². The van der Waals surface area contributed by atoms with E-state index in [4.69, 9.17) is 21.3 Å². The molecule has 0 amide bonds. The topological polar surface area (TPSA) is 110 Å². The molecule has 0 saturated carbocycles. The first-order valence-electron chi connectivity index (χ1n) is 14.2. The molecule has 0 aliphatic carbocycles. The third kappa shape index (κ3) is 5.72. The van der Waals surface area contributed by atoms with Gasteiger partial charge in [0.05, 0.1) is 29.4 Å². The molecular formula is C31H37ClN6O3. The number of nitrogens with zero attached hydrogens (tertiary/aromatic N) is 3. The summed E-state index contributed by atoms with van der Waals surface area (Å²) in [6.07, 6.45) is 3.30. The maximum Gasteiger partial charge on any atom is 0.261 e. The number of benzene rings is 2. The lowest BCUT2D eigenvalue weighted by Crippen LogP contribution is -2.63. The highest BCUT2D eigenvalue weighted by atomic mass is 35.5. The van der Waals surface area contributed by atoms with Crippen molar-refractivity contribution in [3.63, 3.8) is 0 Å². The molecular weight excluding hydrogens is 540 g/mol. The summed E-state index contributed by atoms with van der Waals surface area (Å²) in [7, 11) is 1.77. The Labute approximate surface area is 244 Å². The van der Waals surface area contributed by atoms with Gasteiger partial charge in [0.2, 0.25) is 0 Å². The average molecular weight is 577 g/mol. The predicted octanol–water partition coefficient (Wildman–Crippen LogP) is 4.57. The molecule has 10 heteroatoms. The number of aliphatic hydroxyl groups is 1. The summed E-state index contributed by atoms with van der Waals surface area (Å²) in [6, 6.07) is 13.2. The second-order valence-corrected chi connectivity index (χ2v) is 12.0. The molecule has 0 radical (unpaired) electrons. The fraction of sp³-hybridized carbons (Fsp3) is 0.419. The zero-order valence-corrected chi connectivity index (χ0v) is 24.3. The van der Waals surface area contributed by atoms with E-state index < -0.39 is 6.10 Å². The summed E-state index contributed by atoms with van der Waals surface area (Å²) in [5.74, 6) is 0.489. The number of imidazole rings is 1. The maximum atomic E-state index is 13.0. The van der Waals surface area contributed by atoms with Crippen LogP contribution < -0.4 is 15.8 Å². The Balaban J connectivity index is 1.21. The van der Waals surface area contributed by atoms with Crippen molar-refractivity contribution >= 4 is 34.0 Å². The van der Waals surface area contributed by atoms with E-state index in [0.29, 0.717) is 33.1 Å². The maximum absolute atomic E-state index is 13.0. The molecule has 1 spiro atoms. The number of aryl methyl sites for hydroxylation is 1. The number of piperidine rings is 1. The minimum Gasteiger partial charge on any atom is -0.387 e. The van der Waals surface area contributed by atoms with Gasteiger partial charge in [-0.05, 0) is 67.8 Å². The SMILES string of the molecule is COCCN1CCCC2(C1)CN(c1cc(C)c3nc(-c4c(NC[C@H](O)c5cccc(Cl)c5)cc[nH]c4=O)[nH]c3c1)C2. The van der Waals surface area contributed by atoms with Crippen molar-refractivity contribution in [3.8, 4) is 11.4 Å². The van der Waals surface area contributed by atoms with Crippen LogP contribution in [0, 0.1) is 12.3 Å². The lowest BCUT2D eigenvalue weighted by molar-refractivity contribution is 0.0447. The molecule has 2 aliphatic rings. The molecule has 2 saturated heterocycles. The summed E-state index contributed by atoms with van der Waals surface area (Å²) in [6.45, 7) is 8.42. The van der Waals surface area contributed by atoms with Crippen LogP contribution in [0.25, 0.3) is 22.4 Å². The van der Waals surface area contributed by atoms with Crippen LogP contribution in [0.3, 0.4) is 0 Å². The molecule has 4 N–H and O–H groups in total. The van der Waals surface area contributed by atoms with Crippen molar-refractivity contribution in [3.05, 3.63) is 75.2 Å². The molecule has 4 aromatic rings. The molecule has 0 bridgehead atoms. The number of methoxy groups -OCH3 is 1. The van der Waals surface area contributed by atoms with Gasteiger partial charge in [-0.2, -0.15) is 0 Å². The zero-order chi connectivity index (χ0) is 28.6. The predicted molar refractivity (Wildman–Crippen MR) is 164 cm³/mol. The second kappa shape index (κ2) is 11.5. The van der Waals surface area contributed by atoms with Gasteiger partial charge >= 0.3 is 0 Å². The van der Waals surface area contributed by atoms with Crippen molar-refractivity contribution in [2.75, 3.05) is 63.2 Å². The van der Waals surface area contributed by atoms with Gasteiger partial charge in [0.25, 0.3) is 5.56 Å². The Bertz CT molecular complexity index is 1590. The number of hydrogen-bond donors (Lipinski definition) is 4. The van der Waals surface area contributed by atoms with Gasteiger partial charge in [-0.1, -0.05) is 23.7 Å². The molecule has 2 fully saturated rings. The number of pyridine rings is 1. The van der Waals surface area contributed by atoms with Crippen LogP contribution >= 0.6 is 11.6 Å². The number of ether oxygens (including phenoxy) is 1. The van der Waals surface area contributed by atoms with Crippen molar-refractivity contribution < 1.29 is 9.84 Å². The number of halogens is 1. The number of H-pyrrole nitrogens is 2. The first kappa shape index (κ1) is 27.8. The lowest BCUT2D eigenvalue weighted by Gasteiger charge is -2.55. The fourth-order valence-electron chi connectivity index (χ4n) is 6.40. The summed E-state index contributed by atoms with van der Waals surface area (Å²) in [5.41, 5.74) is 5.76. The summed E-state index contributed by atoms with van der Waals surface area (Å²) < 4.78 is 5.30. The number of aliphatic hydroxyl groups excluding tert-OH is 1. The first-order valence-corrected chi connectivity index (χ1v) is 14.6. The molecule has 4 heterocycles. The highest BCUT2D eigenvalue weighted by molar-refractivity contribution is 6.30. The van der Waals surface area contributed by atoms with Crippen LogP contribution in [0.2, 0.25) is 5.02 Å². The van der Waals surface area contributed by atoms with Crippen LogP contribution in [0.4, 0.5) is 11.4 Å². The van der Waals surface area contributed by atoms with Gasteiger partial charge in [0, 0.05) is 62.2 Å². The number of aromatic nitrogens is 3. The number of anilines is 2. The number of aromatic amines is 2. The van der Waals surface area contributed by atoms with E-state index in [-0.39, 0.29) is 12.1 Å². The summed E-state index contributed by atoms with van der Waals surface area (Å²) >= 11 is 6.09. The quantitative estimate of drug-likeness (QED) is 0.231. The third-order valence-electron chi connectivity index (χ3n) is 8.45. The van der Waals surface area contributed by atoms with Gasteiger partial charge in [-0.3, -0.25) is 4.79 Å². The number of fused-ring (bicyclic) bond motifs is 1. The van der Waals surface area contributed by atoms with Crippen LogP contribution in [-0.2, 0) is 4.74 Å². The zero-order valence-electron chi connectivity index (χ0n) is 23.5. The minimum atomic E-state index is -0.794. The number of nitrogens with one attached hydrogen (secondary N) is 3. The standard InChI is InChI=1S/C31H37ClN6O3/c1-20-13-23(38-18-31(19-38)8-4-10-37(17-31)11-12-41-2)15-25-28(20)36-29(35-25)27-24(7-9-33-30(27)40)34-16-26(39)21-5-3-6-22(32)14-21/h3,5-7,9,13-15,26,39H,4,8,10-12,16-19H2,1-2H3,(H,35,36)(H2,33,34,40)/t26-/m0/s1. The molecule has 41 heavy (non-hydrogen) atoms. The molecule has 2 aromatic carbocycles. The van der Waals surface area contributed by atoms with E-state index in [0.717, 1.165) is 55.9 Å². The summed E-state index contributed by atoms with van der Waals surface area (Å²) in [5, 5.41) is 14.5. The van der Waals surface area contributed by atoms with E-state index in [2.05, 4.69) is 44.1 Å².